The second-order valence-electron chi connectivity index (χ2n) is 8.55. The first-order valence-corrected chi connectivity index (χ1v) is 10.4. The monoisotopic (exact) mass is 372 g/mol. The van der Waals surface area contributed by atoms with E-state index in [1.807, 2.05) is 9.80 Å². The van der Waals surface area contributed by atoms with Gasteiger partial charge >= 0.3 is 0 Å². The molecule has 1 aromatic rings. The van der Waals surface area contributed by atoms with E-state index in [2.05, 4.69) is 0 Å². The van der Waals surface area contributed by atoms with Crippen LogP contribution in [-0.4, -0.2) is 36.3 Å². The third-order valence-electron chi connectivity index (χ3n) is 6.89. The Bertz CT molecular complexity index is 689. The first-order valence-electron chi connectivity index (χ1n) is 10.4. The van der Waals surface area contributed by atoms with Crippen molar-refractivity contribution in [3.63, 3.8) is 0 Å². The second-order valence-corrected chi connectivity index (χ2v) is 8.55. The molecular formula is C22H29FN2O2. The first kappa shape index (κ1) is 18.5. The lowest BCUT2D eigenvalue weighted by molar-refractivity contribution is -0.141. The van der Waals surface area contributed by atoms with E-state index in [-0.39, 0.29) is 23.0 Å². The summed E-state index contributed by atoms with van der Waals surface area (Å²) in [6.07, 6.45) is 8.93. The number of likely N-dealkylation sites (tertiary alicyclic amines) is 1. The van der Waals surface area contributed by atoms with Crippen molar-refractivity contribution in [1.29, 1.82) is 0 Å². The molecule has 1 spiro atoms. The van der Waals surface area contributed by atoms with Crippen LogP contribution in [0.3, 0.4) is 0 Å². The smallest absolute Gasteiger partial charge is 0.233 e. The molecule has 5 heteroatoms. The topological polar surface area (TPSA) is 40.6 Å². The van der Waals surface area contributed by atoms with Crippen LogP contribution < -0.4 is 4.90 Å². The van der Waals surface area contributed by atoms with Crippen LogP contribution in [0.1, 0.15) is 57.8 Å². The van der Waals surface area contributed by atoms with E-state index in [9.17, 15) is 14.0 Å². The molecule has 2 heterocycles. The van der Waals surface area contributed by atoms with E-state index in [4.69, 9.17) is 0 Å². The Balaban J connectivity index is 1.39. The number of benzene rings is 1. The van der Waals surface area contributed by atoms with Gasteiger partial charge in [-0.15, -0.1) is 0 Å². The molecule has 0 aromatic heterocycles. The SMILES string of the molecule is O=C(CC1CCCC1)N1CCC2(CCCN(c3ccc(F)cc3)C2=O)CC1. The molecule has 1 saturated carbocycles. The molecule has 146 valence electrons. The van der Waals surface area contributed by atoms with E-state index in [1.165, 1.54) is 37.8 Å². The molecule has 0 atom stereocenters. The van der Waals surface area contributed by atoms with Gasteiger partial charge in [0.2, 0.25) is 11.8 Å². The fraction of sp³-hybridized carbons (Fsp3) is 0.636. The number of piperidine rings is 2. The Labute approximate surface area is 160 Å². The van der Waals surface area contributed by atoms with Crippen LogP contribution in [0.15, 0.2) is 24.3 Å². The van der Waals surface area contributed by atoms with Gasteiger partial charge in [-0.25, -0.2) is 4.39 Å². The number of carbonyl (C=O) groups excluding carboxylic acids is 2. The number of nitrogens with zero attached hydrogens (tertiary/aromatic N) is 2. The van der Waals surface area contributed by atoms with Crippen molar-refractivity contribution in [2.75, 3.05) is 24.5 Å². The number of hydrogen-bond donors (Lipinski definition) is 0. The molecule has 27 heavy (non-hydrogen) atoms. The number of carbonyl (C=O) groups is 2. The Morgan fingerprint density at radius 2 is 1.67 bits per heavy atom. The maximum Gasteiger partial charge on any atom is 0.233 e. The Morgan fingerprint density at radius 3 is 2.33 bits per heavy atom. The van der Waals surface area contributed by atoms with E-state index >= 15 is 0 Å². The zero-order valence-corrected chi connectivity index (χ0v) is 16.0. The van der Waals surface area contributed by atoms with Gasteiger partial charge in [-0.1, -0.05) is 12.8 Å². The lowest BCUT2D eigenvalue weighted by Gasteiger charge is -2.46. The van der Waals surface area contributed by atoms with Gasteiger partial charge < -0.3 is 9.80 Å². The lowest BCUT2D eigenvalue weighted by Crippen LogP contribution is -2.54. The van der Waals surface area contributed by atoms with E-state index in [1.54, 1.807) is 12.1 Å². The van der Waals surface area contributed by atoms with E-state index in [0.29, 0.717) is 32.0 Å². The molecule has 1 aromatic carbocycles. The molecule has 0 N–H and O–H groups in total. The van der Waals surface area contributed by atoms with Crippen LogP contribution in [0.2, 0.25) is 0 Å². The average Bonchev–Trinajstić information content (AvgIpc) is 3.18. The summed E-state index contributed by atoms with van der Waals surface area (Å²) in [5.74, 6) is 0.712. The van der Waals surface area contributed by atoms with Crippen LogP contribution in [0.4, 0.5) is 10.1 Å². The lowest BCUT2D eigenvalue weighted by atomic mass is 9.71. The maximum atomic E-state index is 13.3. The summed E-state index contributed by atoms with van der Waals surface area (Å²) in [6.45, 7) is 2.07. The van der Waals surface area contributed by atoms with Crippen molar-refractivity contribution < 1.29 is 14.0 Å². The summed E-state index contributed by atoms with van der Waals surface area (Å²) in [6, 6.07) is 6.20. The molecule has 0 unspecified atom stereocenters. The fourth-order valence-electron chi connectivity index (χ4n) is 5.18. The van der Waals surface area contributed by atoms with Crippen LogP contribution in [0, 0.1) is 17.2 Å². The summed E-state index contributed by atoms with van der Waals surface area (Å²) in [5, 5.41) is 0. The van der Waals surface area contributed by atoms with Gasteiger partial charge in [0.25, 0.3) is 0 Å². The highest BCUT2D eigenvalue weighted by Crippen LogP contribution is 2.42. The highest BCUT2D eigenvalue weighted by Gasteiger charge is 2.46. The summed E-state index contributed by atoms with van der Waals surface area (Å²) in [5.41, 5.74) is 0.428. The molecule has 0 bridgehead atoms. The van der Waals surface area contributed by atoms with E-state index in [0.717, 1.165) is 31.4 Å². The number of hydrogen-bond acceptors (Lipinski definition) is 2. The largest absolute Gasteiger partial charge is 0.343 e. The van der Waals surface area contributed by atoms with Crippen molar-refractivity contribution in [2.45, 2.75) is 57.8 Å². The van der Waals surface area contributed by atoms with Crippen molar-refractivity contribution in [3.05, 3.63) is 30.1 Å². The quantitative estimate of drug-likeness (QED) is 0.800. The molecule has 3 fully saturated rings. The highest BCUT2D eigenvalue weighted by molar-refractivity contribution is 5.98. The van der Waals surface area contributed by atoms with Gasteiger partial charge in [0.15, 0.2) is 0 Å². The number of rotatable bonds is 3. The molecule has 2 aliphatic heterocycles. The molecule has 4 rings (SSSR count). The minimum atomic E-state index is -0.350. The molecule has 3 aliphatic rings. The minimum Gasteiger partial charge on any atom is -0.343 e. The zero-order chi connectivity index (χ0) is 18.9. The third-order valence-corrected chi connectivity index (χ3v) is 6.89. The second kappa shape index (κ2) is 7.61. The van der Waals surface area contributed by atoms with Crippen molar-refractivity contribution >= 4 is 17.5 Å². The van der Waals surface area contributed by atoms with Crippen molar-refractivity contribution in [3.8, 4) is 0 Å². The normalized spacial score (nSPS) is 23.2. The van der Waals surface area contributed by atoms with Gasteiger partial charge in [0.1, 0.15) is 5.82 Å². The maximum absolute atomic E-state index is 13.3. The molecule has 4 nitrogen and oxygen atoms in total. The van der Waals surface area contributed by atoms with Gasteiger partial charge in [-0.2, -0.15) is 0 Å². The number of amides is 2. The molecule has 0 radical (unpaired) electrons. The van der Waals surface area contributed by atoms with Crippen LogP contribution in [0.5, 0.6) is 0 Å². The average molecular weight is 372 g/mol. The Morgan fingerprint density at radius 1 is 1.00 bits per heavy atom. The summed E-state index contributed by atoms with van der Waals surface area (Å²) >= 11 is 0. The van der Waals surface area contributed by atoms with Gasteiger partial charge in [-0.3, -0.25) is 9.59 Å². The zero-order valence-electron chi connectivity index (χ0n) is 16.0. The molecule has 1 aliphatic carbocycles. The van der Waals surface area contributed by atoms with Crippen LogP contribution in [-0.2, 0) is 9.59 Å². The predicted molar refractivity (Wildman–Crippen MR) is 103 cm³/mol. The minimum absolute atomic E-state index is 0.156. The van der Waals surface area contributed by atoms with Crippen molar-refractivity contribution in [1.82, 2.24) is 4.90 Å². The van der Waals surface area contributed by atoms with Crippen molar-refractivity contribution in [2.24, 2.45) is 11.3 Å². The molecule has 2 saturated heterocycles. The summed E-state index contributed by atoms with van der Waals surface area (Å²) in [7, 11) is 0. The Hall–Kier alpha value is -1.91. The number of anilines is 1. The third kappa shape index (κ3) is 3.74. The van der Waals surface area contributed by atoms with Gasteiger partial charge in [0.05, 0.1) is 5.41 Å². The number of halogens is 1. The summed E-state index contributed by atoms with van der Waals surface area (Å²) < 4.78 is 13.2. The predicted octanol–water partition coefficient (Wildman–Crippen LogP) is 4.14. The molecular weight excluding hydrogens is 343 g/mol. The Kier molecular flexibility index (Phi) is 5.20. The van der Waals surface area contributed by atoms with Gasteiger partial charge in [-0.05, 0) is 68.7 Å². The first-order chi connectivity index (χ1) is 13.1. The molecule has 2 amide bonds. The summed E-state index contributed by atoms with van der Waals surface area (Å²) in [4.78, 5) is 29.7. The highest BCUT2D eigenvalue weighted by atomic mass is 19.1. The standard InChI is InChI=1S/C22H29FN2O2/c23-18-6-8-19(9-7-18)25-13-3-10-22(21(25)27)11-14-24(15-12-22)20(26)16-17-4-1-2-5-17/h6-9,17H,1-5,10-16H2. The van der Waals surface area contributed by atoms with Crippen LogP contribution >= 0.6 is 0 Å². The van der Waals surface area contributed by atoms with Gasteiger partial charge in [0, 0.05) is 31.7 Å². The van der Waals surface area contributed by atoms with Crippen LogP contribution in [0.25, 0.3) is 0 Å². The fourth-order valence-corrected chi connectivity index (χ4v) is 5.18. The van der Waals surface area contributed by atoms with E-state index < -0.39 is 0 Å².